The minimum absolute atomic E-state index is 0.0472. The molecule has 1 atom stereocenters. The Morgan fingerprint density at radius 3 is 2.76 bits per heavy atom. The van der Waals surface area contributed by atoms with Crippen LogP contribution in [0.3, 0.4) is 0 Å². The van der Waals surface area contributed by atoms with E-state index in [2.05, 4.69) is 19.9 Å². The lowest BCUT2D eigenvalue weighted by Crippen LogP contribution is -2.41. The number of carbonyl (C=O) groups excluding carboxylic acids is 1. The molecule has 0 aliphatic carbocycles. The quantitative estimate of drug-likeness (QED) is 0.459. The minimum atomic E-state index is -3.11. The van der Waals surface area contributed by atoms with E-state index in [0.717, 1.165) is 5.69 Å². The average Bonchev–Trinajstić information content (AvgIpc) is 3.49. The van der Waals surface area contributed by atoms with Crippen molar-refractivity contribution in [3.63, 3.8) is 0 Å². The van der Waals surface area contributed by atoms with Crippen molar-refractivity contribution in [2.24, 2.45) is 0 Å². The lowest BCUT2D eigenvalue weighted by Gasteiger charge is -2.32. The minimum Gasteiger partial charge on any atom is -0.438 e. The Morgan fingerprint density at radius 2 is 2.06 bits per heavy atom. The zero-order valence-electron chi connectivity index (χ0n) is 18.4. The van der Waals surface area contributed by atoms with Crippen LogP contribution in [0.25, 0.3) is 11.1 Å². The molecule has 0 spiro atoms. The molecule has 5 rings (SSSR count). The van der Waals surface area contributed by atoms with Crippen LogP contribution in [-0.4, -0.2) is 42.4 Å². The molecular weight excluding hydrogens is 455 g/mol. The zero-order chi connectivity index (χ0) is 24.4. The van der Waals surface area contributed by atoms with Crippen LogP contribution < -0.4 is 0 Å². The summed E-state index contributed by atoms with van der Waals surface area (Å²) in [5.74, 6) is -2.43. The summed E-state index contributed by atoms with van der Waals surface area (Å²) < 4.78 is 52.6. The number of aliphatic hydroxyl groups is 1. The number of imidazole rings is 1. The van der Waals surface area contributed by atoms with E-state index in [1.807, 2.05) is 0 Å². The summed E-state index contributed by atoms with van der Waals surface area (Å²) in [4.78, 5) is 30.1. The van der Waals surface area contributed by atoms with Gasteiger partial charge in [-0.2, -0.15) is 0 Å². The molecule has 0 radical (unpaired) electrons. The predicted octanol–water partition coefficient (Wildman–Crippen LogP) is 3.94. The van der Waals surface area contributed by atoms with Crippen molar-refractivity contribution < 1.29 is 31.9 Å². The maximum Gasteiger partial charge on any atom is 0.292 e. The zero-order valence-corrected chi connectivity index (χ0v) is 18.4. The Labute approximate surface area is 190 Å². The molecule has 4 aromatic rings. The van der Waals surface area contributed by atoms with Gasteiger partial charge in [-0.25, -0.2) is 28.1 Å². The van der Waals surface area contributed by atoms with Gasteiger partial charge >= 0.3 is 0 Å². The van der Waals surface area contributed by atoms with E-state index in [9.17, 15) is 23.1 Å². The normalized spacial score (nSPS) is 16.5. The standard InChI is InChI=1S/C22H20F3N5O4/c1-9-6-10(23)7-12-16(9)33-19(28-12)15-13-11(26-8-27-13)4-5-30(15)20(31)17-14(18(24)25)29-21(34-17)22(2,3)32/h6-8,15,18,32H,4-5H2,1-3H3,(H,26,27)/t15-/m0/s1. The van der Waals surface area contributed by atoms with Crippen molar-refractivity contribution in [3.8, 4) is 0 Å². The van der Waals surface area contributed by atoms with Crippen LogP contribution in [0.2, 0.25) is 0 Å². The molecule has 1 amide bonds. The third kappa shape index (κ3) is 3.54. The van der Waals surface area contributed by atoms with Crippen molar-refractivity contribution in [1.82, 2.24) is 24.8 Å². The maximum absolute atomic E-state index is 13.9. The fourth-order valence-electron chi connectivity index (χ4n) is 4.06. The largest absolute Gasteiger partial charge is 0.438 e. The van der Waals surface area contributed by atoms with Crippen LogP contribution in [0.1, 0.15) is 71.3 Å². The number of nitrogens with one attached hydrogen (secondary N) is 1. The van der Waals surface area contributed by atoms with Gasteiger partial charge in [0, 0.05) is 24.7 Å². The lowest BCUT2D eigenvalue weighted by molar-refractivity contribution is 0.0436. The van der Waals surface area contributed by atoms with E-state index in [0.29, 0.717) is 23.3 Å². The summed E-state index contributed by atoms with van der Waals surface area (Å²) >= 11 is 0. The van der Waals surface area contributed by atoms with Crippen LogP contribution in [-0.2, 0) is 12.0 Å². The number of hydrogen-bond acceptors (Lipinski definition) is 7. The van der Waals surface area contributed by atoms with Gasteiger partial charge < -0.3 is 23.8 Å². The second-order valence-electron chi connectivity index (χ2n) is 8.63. The second kappa shape index (κ2) is 7.69. The van der Waals surface area contributed by atoms with Crippen molar-refractivity contribution in [2.75, 3.05) is 6.54 Å². The summed E-state index contributed by atoms with van der Waals surface area (Å²) in [6.07, 6.45) is -1.30. The number of H-pyrrole nitrogens is 1. The Hall–Kier alpha value is -3.67. The summed E-state index contributed by atoms with van der Waals surface area (Å²) in [6, 6.07) is 1.51. The van der Waals surface area contributed by atoms with Crippen molar-refractivity contribution in [1.29, 1.82) is 0 Å². The summed E-state index contributed by atoms with van der Waals surface area (Å²) in [5, 5.41) is 10.2. The van der Waals surface area contributed by atoms with Crippen molar-refractivity contribution in [3.05, 3.63) is 64.5 Å². The summed E-state index contributed by atoms with van der Waals surface area (Å²) in [6.45, 7) is 4.38. The molecule has 4 heterocycles. The van der Waals surface area contributed by atoms with Gasteiger partial charge in [-0.15, -0.1) is 0 Å². The molecule has 0 fully saturated rings. The van der Waals surface area contributed by atoms with Gasteiger partial charge in [0.25, 0.3) is 12.3 Å². The van der Waals surface area contributed by atoms with Crippen molar-refractivity contribution >= 4 is 17.0 Å². The van der Waals surface area contributed by atoms with Gasteiger partial charge in [0.05, 0.1) is 12.0 Å². The van der Waals surface area contributed by atoms with Gasteiger partial charge in [-0.1, -0.05) is 0 Å². The highest BCUT2D eigenvalue weighted by atomic mass is 19.3. The summed E-state index contributed by atoms with van der Waals surface area (Å²) in [7, 11) is 0. The fraction of sp³-hybridized carbons (Fsp3) is 0.364. The molecule has 178 valence electrons. The molecule has 0 saturated carbocycles. The molecule has 2 N–H and O–H groups in total. The first-order valence-corrected chi connectivity index (χ1v) is 10.5. The van der Waals surface area contributed by atoms with Crippen LogP contribution in [0, 0.1) is 12.7 Å². The van der Waals surface area contributed by atoms with E-state index in [-0.39, 0.29) is 18.0 Å². The maximum atomic E-state index is 13.9. The van der Waals surface area contributed by atoms with Crippen molar-refractivity contribution in [2.45, 2.75) is 45.3 Å². The number of aromatic nitrogens is 4. The Bertz CT molecular complexity index is 1400. The van der Waals surface area contributed by atoms with Crippen LogP contribution >= 0.6 is 0 Å². The highest BCUT2D eigenvalue weighted by molar-refractivity contribution is 5.93. The van der Waals surface area contributed by atoms with Gasteiger partial charge in [-0.3, -0.25) is 4.79 Å². The highest BCUT2D eigenvalue weighted by Crippen LogP contribution is 2.38. The average molecular weight is 475 g/mol. The van der Waals surface area contributed by atoms with Crippen LogP contribution in [0.15, 0.2) is 27.3 Å². The number of amides is 1. The smallest absolute Gasteiger partial charge is 0.292 e. The molecule has 1 aliphatic heterocycles. The number of carbonyl (C=O) groups is 1. The van der Waals surface area contributed by atoms with E-state index in [1.54, 1.807) is 6.92 Å². The first kappa shape index (κ1) is 22.1. The third-order valence-corrected chi connectivity index (χ3v) is 5.65. The number of aromatic amines is 1. The number of aryl methyl sites for hydroxylation is 1. The molecular formula is C22H20F3N5O4. The first-order valence-electron chi connectivity index (χ1n) is 10.5. The number of halogens is 3. The summed E-state index contributed by atoms with van der Waals surface area (Å²) in [5.41, 5.74) is -0.309. The van der Waals surface area contributed by atoms with E-state index >= 15 is 0 Å². The number of alkyl halides is 2. The van der Waals surface area contributed by atoms with Gasteiger partial charge in [-0.05, 0) is 32.4 Å². The SMILES string of the molecule is Cc1cc(F)cc2nc([C@@H]3c4nc[nH]c4CCN3C(=O)c3oc(C(C)(C)O)nc3C(F)F)oc12. The second-order valence-corrected chi connectivity index (χ2v) is 8.63. The van der Waals surface area contributed by atoms with Gasteiger partial charge in [0.15, 0.2) is 17.3 Å². The molecule has 1 aromatic carbocycles. The number of nitrogens with zero attached hydrogens (tertiary/aromatic N) is 4. The molecule has 0 unspecified atom stereocenters. The highest BCUT2D eigenvalue weighted by Gasteiger charge is 2.42. The number of oxazole rings is 2. The third-order valence-electron chi connectivity index (χ3n) is 5.65. The molecule has 12 heteroatoms. The topological polar surface area (TPSA) is 121 Å². The van der Waals surface area contributed by atoms with Gasteiger partial charge in [0.2, 0.25) is 17.5 Å². The molecule has 0 bridgehead atoms. The van der Waals surface area contributed by atoms with Gasteiger partial charge in [0.1, 0.15) is 16.9 Å². The van der Waals surface area contributed by atoms with Crippen LogP contribution in [0.5, 0.6) is 0 Å². The number of rotatable bonds is 4. The number of benzene rings is 1. The molecule has 1 aliphatic rings. The Kier molecular flexibility index (Phi) is 5.01. The first-order chi connectivity index (χ1) is 16.0. The van der Waals surface area contributed by atoms with E-state index in [4.69, 9.17) is 8.83 Å². The number of hydrogen-bond donors (Lipinski definition) is 2. The molecule has 34 heavy (non-hydrogen) atoms. The van der Waals surface area contributed by atoms with E-state index < -0.39 is 47.1 Å². The number of fused-ring (bicyclic) bond motifs is 2. The molecule has 9 nitrogen and oxygen atoms in total. The Morgan fingerprint density at radius 1 is 1.29 bits per heavy atom. The van der Waals surface area contributed by atoms with E-state index in [1.165, 1.54) is 37.2 Å². The molecule has 0 saturated heterocycles. The monoisotopic (exact) mass is 475 g/mol. The predicted molar refractivity (Wildman–Crippen MR) is 111 cm³/mol. The Balaban J connectivity index is 1.64. The van der Waals surface area contributed by atoms with Crippen LogP contribution in [0.4, 0.5) is 13.2 Å². The molecule has 3 aromatic heterocycles. The fourth-order valence-corrected chi connectivity index (χ4v) is 4.06. The lowest BCUT2D eigenvalue weighted by atomic mass is 10.0.